The molecule has 2 aromatic carbocycles. The predicted octanol–water partition coefficient (Wildman–Crippen LogP) is 4.75. The van der Waals surface area contributed by atoms with E-state index in [1.807, 2.05) is 19.1 Å². The lowest BCUT2D eigenvalue weighted by Crippen LogP contribution is -2.15. The summed E-state index contributed by atoms with van der Waals surface area (Å²) < 4.78 is 7.17. The van der Waals surface area contributed by atoms with Crippen LogP contribution in [0.15, 0.2) is 47.3 Å². The molecule has 5 nitrogen and oxygen atoms in total. The van der Waals surface area contributed by atoms with Gasteiger partial charge in [-0.05, 0) is 31.2 Å². The van der Waals surface area contributed by atoms with Crippen LogP contribution in [0.25, 0.3) is 15.9 Å². The van der Waals surface area contributed by atoms with Crippen molar-refractivity contribution in [2.24, 2.45) is 0 Å². The van der Waals surface area contributed by atoms with Gasteiger partial charge in [-0.1, -0.05) is 46.7 Å². The minimum Gasteiger partial charge on any atom is -0.482 e. The number of hydrogen-bond acceptors (Lipinski definition) is 5. The second kappa shape index (κ2) is 6.29. The lowest BCUT2D eigenvalue weighted by Gasteiger charge is -2.13. The SMILES string of the molecule is C[C@H](Oc1cc(Cl)ccc1Cl)c1nn2c(=O)c3ccccc3nc2s1. The zero-order chi connectivity index (χ0) is 17.6. The van der Waals surface area contributed by atoms with E-state index in [-0.39, 0.29) is 5.56 Å². The fourth-order valence-corrected chi connectivity index (χ4v) is 3.64. The Morgan fingerprint density at radius 1 is 1.20 bits per heavy atom. The van der Waals surface area contributed by atoms with Crippen LogP contribution in [0, 0.1) is 0 Å². The zero-order valence-corrected chi connectivity index (χ0v) is 15.3. The van der Waals surface area contributed by atoms with Crippen LogP contribution in [0.5, 0.6) is 5.75 Å². The summed E-state index contributed by atoms with van der Waals surface area (Å²) >= 11 is 13.4. The first kappa shape index (κ1) is 16.3. The van der Waals surface area contributed by atoms with E-state index in [0.717, 1.165) is 0 Å². The van der Waals surface area contributed by atoms with E-state index in [1.165, 1.54) is 15.9 Å². The van der Waals surface area contributed by atoms with Crippen LogP contribution in [-0.4, -0.2) is 14.6 Å². The maximum Gasteiger partial charge on any atom is 0.283 e. The molecule has 0 N–H and O–H groups in total. The van der Waals surface area contributed by atoms with Crippen molar-refractivity contribution < 1.29 is 4.74 Å². The summed E-state index contributed by atoms with van der Waals surface area (Å²) in [7, 11) is 0. The number of rotatable bonds is 3. The van der Waals surface area contributed by atoms with Crippen LogP contribution in [0.1, 0.15) is 18.0 Å². The fraction of sp³-hybridized carbons (Fsp3) is 0.118. The molecule has 4 rings (SSSR count). The molecular weight excluding hydrogens is 381 g/mol. The first-order valence-corrected chi connectivity index (χ1v) is 9.00. The zero-order valence-electron chi connectivity index (χ0n) is 12.9. The molecule has 8 heteroatoms. The van der Waals surface area contributed by atoms with Crippen molar-refractivity contribution in [3.63, 3.8) is 0 Å². The average molecular weight is 392 g/mol. The van der Waals surface area contributed by atoms with Crippen molar-refractivity contribution >= 4 is 50.4 Å². The summed E-state index contributed by atoms with van der Waals surface area (Å²) in [6, 6.07) is 12.2. The Morgan fingerprint density at radius 3 is 2.84 bits per heavy atom. The smallest absolute Gasteiger partial charge is 0.283 e. The largest absolute Gasteiger partial charge is 0.482 e. The molecular formula is C17H11Cl2N3O2S. The lowest BCUT2D eigenvalue weighted by atomic mass is 10.2. The predicted molar refractivity (Wildman–Crippen MR) is 100 cm³/mol. The molecule has 0 radical (unpaired) electrons. The number of nitrogens with zero attached hydrogens (tertiary/aromatic N) is 3. The second-order valence-corrected chi connectivity index (χ2v) is 7.23. The van der Waals surface area contributed by atoms with Gasteiger partial charge in [0.2, 0.25) is 4.96 Å². The highest BCUT2D eigenvalue weighted by Crippen LogP contribution is 2.32. The second-order valence-electron chi connectivity index (χ2n) is 5.40. The highest BCUT2D eigenvalue weighted by atomic mass is 35.5. The molecule has 25 heavy (non-hydrogen) atoms. The van der Waals surface area contributed by atoms with Crippen molar-refractivity contribution in [3.05, 3.63) is 67.9 Å². The molecule has 0 amide bonds. The minimum absolute atomic E-state index is 0.198. The van der Waals surface area contributed by atoms with Crippen molar-refractivity contribution in [2.45, 2.75) is 13.0 Å². The van der Waals surface area contributed by atoms with E-state index in [1.54, 1.807) is 30.3 Å². The quantitative estimate of drug-likeness (QED) is 0.505. The van der Waals surface area contributed by atoms with Crippen molar-refractivity contribution in [1.29, 1.82) is 0 Å². The molecule has 2 heterocycles. The Balaban J connectivity index is 1.76. The van der Waals surface area contributed by atoms with E-state index in [2.05, 4.69) is 10.1 Å². The van der Waals surface area contributed by atoms with E-state index in [9.17, 15) is 4.79 Å². The van der Waals surface area contributed by atoms with Crippen LogP contribution >= 0.6 is 34.5 Å². The first-order chi connectivity index (χ1) is 12.0. The molecule has 0 aliphatic rings. The van der Waals surface area contributed by atoms with Gasteiger partial charge in [0.1, 0.15) is 11.9 Å². The third kappa shape index (κ3) is 2.97. The van der Waals surface area contributed by atoms with E-state index in [0.29, 0.717) is 36.7 Å². The van der Waals surface area contributed by atoms with Crippen LogP contribution in [0.4, 0.5) is 0 Å². The van der Waals surface area contributed by atoms with Gasteiger partial charge in [0, 0.05) is 11.1 Å². The molecule has 126 valence electrons. The van der Waals surface area contributed by atoms with Gasteiger partial charge in [-0.15, -0.1) is 0 Å². The van der Waals surface area contributed by atoms with Crippen LogP contribution in [0.2, 0.25) is 10.0 Å². The number of benzene rings is 2. The summed E-state index contributed by atoms with van der Waals surface area (Å²) in [5.41, 5.74) is 0.449. The molecule has 1 atom stereocenters. The third-order valence-electron chi connectivity index (χ3n) is 3.66. The average Bonchev–Trinajstić information content (AvgIpc) is 3.03. The van der Waals surface area contributed by atoms with Crippen molar-refractivity contribution in [3.8, 4) is 5.75 Å². The van der Waals surface area contributed by atoms with Crippen LogP contribution in [-0.2, 0) is 0 Å². The van der Waals surface area contributed by atoms with Gasteiger partial charge in [0.05, 0.1) is 15.9 Å². The molecule has 0 unspecified atom stereocenters. The summed E-state index contributed by atoms with van der Waals surface area (Å²) in [6.07, 6.45) is -0.412. The van der Waals surface area contributed by atoms with Gasteiger partial charge in [-0.25, -0.2) is 4.98 Å². The summed E-state index contributed by atoms with van der Waals surface area (Å²) in [4.78, 5) is 17.6. The molecule has 0 bridgehead atoms. The number of hydrogen-bond donors (Lipinski definition) is 0. The monoisotopic (exact) mass is 391 g/mol. The van der Waals surface area contributed by atoms with Crippen molar-refractivity contribution in [2.75, 3.05) is 0 Å². The molecule has 0 saturated heterocycles. The van der Waals surface area contributed by atoms with Gasteiger partial charge >= 0.3 is 0 Å². The summed E-state index contributed by atoms with van der Waals surface area (Å²) in [5, 5.41) is 6.51. The normalized spacial score (nSPS) is 12.6. The highest BCUT2D eigenvalue weighted by Gasteiger charge is 2.17. The number of aromatic nitrogens is 3. The maximum atomic E-state index is 12.6. The van der Waals surface area contributed by atoms with Gasteiger partial charge in [0.15, 0.2) is 5.01 Å². The summed E-state index contributed by atoms with van der Waals surface area (Å²) in [6.45, 7) is 1.83. The van der Waals surface area contributed by atoms with E-state index >= 15 is 0 Å². The standard InChI is InChI=1S/C17H11Cl2N3O2S/c1-9(24-14-8-10(18)6-7-12(14)19)15-21-22-16(23)11-4-2-3-5-13(11)20-17(22)25-15/h2-9H,1H3/t9-/m0/s1. The van der Waals surface area contributed by atoms with Gasteiger partial charge < -0.3 is 4.74 Å². The molecule has 0 saturated carbocycles. The van der Waals surface area contributed by atoms with E-state index < -0.39 is 6.10 Å². The minimum atomic E-state index is -0.412. The first-order valence-electron chi connectivity index (χ1n) is 7.43. The number of para-hydroxylation sites is 1. The molecule has 0 fully saturated rings. The number of halogens is 2. The fourth-order valence-electron chi connectivity index (χ4n) is 2.44. The van der Waals surface area contributed by atoms with Gasteiger partial charge in [0.25, 0.3) is 5.56 Å². The molecule has 2 aromatic heterocycles. The third-order valence-corrected chi connectivity index (χ3v) is 5.28. The lowest BCUT2D eigenvalue weighted by molar-refractivity contribution is 0.225. The summed E-state index contributed by atoms with van der Waals surface area (Å²) in [5.74, 6) is 0.464. The van der Waals surface area contributed by atoms with Crippen molar-refractivity contribution in [1.82, 2.24) is 14.6 Å². The molecule has 0 aliphatic heterocycles. The van der Waals surface area contributed by atoms with E-state index in [4.69, 9.17) is 27.9 Å². The van der Waals surface area contributed by atoms with Gasteiger partial charge in [-0.3, -0.25) is 4.79 Å². The molecule has 0 aliphatic carbocycles. The maximum absolute atomic E-state index is 12.6. The molecule has 0 spiro atoms. The van der Waals surface area contributed by atoms with Gasteiger partial charge in [-0.2, -0.15) is 9.61 Å². The Morgan fingerprint density at radius 2 is 2.00 bits per heavy atom. The Hall–Kier alpha value is -2.15. The number of fused-ring (bicyclic) bond motifs is 2. The molecule has 4 aromatic rings. The Kier molecular flexibility index (Phi) is 4.11. The van der Waals surface area contributed by atoms with Crippen LogP contribution < -0.4 is 10.3 Å². The van der Waals surface area contributed by atoms with Crippen LogP contribution in [0.3, 0.4) is 0 Å². The topological polar surface area (TPSA) is 56.5 Å². The highest BCUT2D eigenvalue weighted by molar-refractivity contribution is 7.16. The Bertz CT molecular complexity index is 1160. The number of ether oxygens (including phenoxy) is 1. The Labute approximate surface area is 156 Å².